The predicted molar refractivity (Wildman–Crippen MR) is 78.8 cm³/mol. The first kappa shape index (κ1) is 13.4. The van der Waals surface area contributed by atoms with Gasteiger partial charge in [-0.2, -0.15) is 0 Å². The molecule has 0 spiro atoms. The molecule has 2 rings (SSSR count). The molecule has 0 fully saturated rings. The van der Waals surface area contributed by atoms with Gasteiger partial charge in [0, 0.05) is 11.6 Å². The minimum absolute atomic E-state index is 0.798. The molecule has 0 saturated heterocycles. The summed E-state index contributed by atoms with van der Waals surface area (Å²) in [4.78, 5) is 0. The molecule has 0 radical (unpaired) electrons. The van der Waals surface area contributed by atoms with Crippen molar-refractivity contribution in [2.24, 2.45) is 0 Å². The lowest BCUT2D eigenvalue weighted by Crippen LogP contribution is -2.15. The number of halogens is 1. The number of hydrogen-bond donors (Lipinski definition) is 1. The van der Waals surface area contributed by atoms with Crippen molar-refractivity contribution in [1.82, 2.24) is 5.32 Å². The summed E-state index contributed by atoms with van der Waals surface area (Å²) in [6.45, 7) is 4.19. The second-order valence-electron chi connectivity index (χ2n) is 4.80. The average Bonchev–Trinajstić information content (AvgIpc) is 2.39. The normalized spacial score (nSPS) is 15.2. The molecular weight excluding hydrogens is 242 g/mol. The van der Waals surface area contributed by atoms with E-state index in [0.29, 0.717) is 0 Å². The third-order valence-corrected chi connectivity index (χ3v) is 3.62. The largest absolute Gasteiger partial charge is 0.312 e. The first-order valence-corrected chi connectivity index (χ1v) is 6.94. The van der Waals surface area contributed by atoms with E-state index in [4.69, 9.17) is 11.6 Å². The molecule has 1 aromatic carbocycles. The zero-order valence-electron chi connectivity index (χ0n) is 10.9. The van der Waals surface area contributed by atoms with Crippen LogP contribution in [0.2, 0.25) is 5.02 Å². The van der Waals surface area contributed by atoms with Crippen molar-refractivity contribution in [3.05, 3.63) is 58.1 Å². The fraction of sp³-hybridized carbons (Fsp3) is 0.375. The summed E-state index contributed by atoms with van der Waals surface area (Å²) in [5, 5.41) is 4.28. The third kappa shape index (κ3) is 4.01. The molecular formula is C16H20ClN. The molecule has 0 heterocycles. The molecule has 0 atom stereocenters. The Morgan fingerprint density at radius 3 is 2.72 bits per heavy atom. The molecule has 1 nitrogen and oxygen atoms in total. The quantitative estimate of drug-likeness (QED) is 0.771. The highest BCUT2D eigenvalue weighted by Crippen LogP contribution is 2.20. The maximum atomic E-state index is 5.86. The van der Waals surface area contributed by atoms with Crippen molar-refractivity contribution in [1.29, 1.82) is 0 Å². The molecule has 0 bridgehead atoms. The first-order valence-electron chi connectivity index (χ1n) is 6.56. The van der Waals surface area contributed by atoms with Crippen molar-refractivity contribution in [2.75, 3.05) is 6.54 Å². The smallest absolute Gasteiger partial charge is 0.0406 e. The Labute approximate surface area is 115 Å². The lowest BCUT2D eigenvalue weighted by molar-refractivity contribution is 0.682. The SMILES string of the molecule is CC1=C(CCNCc2ccc(Cl)cc2)C=CCC1. The molecule has 2 heteroatoms. The van der Waals surface area contributed by atoms with E-state index in [1.54, 1.807) is 5.57 Å². The molecule has 0 aliphatic heterocycles. The van der Waals surface area contributed by atoms with Gasteiger partial charge in [0.1, 0.15) is 0 Å². The molecule has 0 unspecified atom stereocenters. The van der Waals surface area contributed by atoms with Gasteiger partial charge in [-0.05, 0) is 56.0 Å². The highest BCUT2D eigenvalue weighted by molar-refractivity contribution is 6.30. The van der Waals surface area contributed by atoms with E-state index >= 15 is 0 Å². The van der Waals surface area contributed by atoms with E-state index in [1.807, 2.05) is 12.1 Å². The minimum Gasteiger partial charge on any atom is -0.312 e. The summed E-state index contributed by atoms with van der Waals surface area (Å²) in [6, 6.07) is 8.02. The van der Waals surface area contributed by atoms with Gasteiger partial charge in [0.2, 0.25) is 0 Å². The lowest BCUT2D eigenvalue weighted by atomic mass is 9.97. The fourth-order valence-electron chi connectivity index (χ4n) is 2.18. The van der Waals surface area contributed by atoms with Gasteiger partial charge in [-0.3, -0.25) is 0 Å². The molecule has 1 aliphatic carbocycles. The van der Waals surface area contributed by atoms with Crippen LogP contribution in [0.3, 0.4) is 0 Å². The standard InChI is InChI=1S/C16H20ClN/c1-13-4-2-3-5-15(13)10-11-18-12-14-6-8-16(17)9-7-14/h3,5-9,18H,2,4,10-12H2,1H3. The summed E-state index contributed by atoms with van der Waals surface area (Å²) in [7, 11) is 0. The van der Waals surface area contributed by atoms with Crippen molar-refractivity contribution >= 4 is 11.6 Å². The number of hydrogen-bond acceptors (Lipinski definition) is 1. The maximum absolute atomic E-state index is 5.86. The van der Waals surface area contributed by atoms with Crippen molar-refractivity contribution in [3.63, 3.8) is 0 Å². The van der Waals surface area contributed by atoms with Gasteiger partial charge in [0.15, 0.2) is 0 Å². The fourth-order valence-corrected chi connectivity index (χ4v) is 2.31. The van der Waals surface area contributed by atoms with Crippen LogP contribution in [0.15, 0.2) is 47.6 Å². The Kier molecular flexibility index (Phi) is 5.03. The molecule has 18 heavy (non-hydrogen) atoms. The van der Waals surface area contributed by atoms with Crippen LogP contribution >= 0.6 is 11.6 Å². The number of rotatable bonds is 5. The van der Waals surface area contributed by atoms with Gasteiger partial charge in [-0.25, -0.2) is 0 Å². The van der Waals surface area contributed by atoms with Crippen LogP contribution in [0, 0.1) is 0 Å². The highest BCUT2D eigenvalue weighted by Gasteiger charge is 2.03. The number of nitrogens with one attached hydrogen (secondary N) is 1. The lowest BCUT2D eigenvalue weighted by Gasteiger charge is -2.13. The third-order valence-electron chi connectivity index (χ3n) is 3.37. The Morgan fingerprint density at radius 1 is 1.22 bits per heavy atom. The molecule has 96 valence electrons. The van der Waals surface area contributed by atoms with E-state index in [9.17, 15) is 0 Å². The van der Waals surface area contributed by atoms with Crippen LogP contribution in [0.4, 0.5) is 0 Å². The molecule has 1 N–H and O–H groups in total. The van der Waals surface area contributed by atoms with Crippen LogP contribution in [-0.4, -0.2) is 6.54 Å². The van der Waals surface area contributed by atoms with Crippen LogP contribution < -0.4 is 5.32 Å². The van der Waals surface area contributed by atoms with E-state index in [0.717, 1.165) is 24.5 Å². The highest BCUT2D eigenvalue weighted by atomic mass is 35.5. The van der Waals surface area contributed by atoms with E-state index < -0.39 is 0 Å². The van der Waals surface area contributed by atoms with E-state index in [-0.39, 0.29) is 0 Å². The van der Waals surface area contributed by atoms with Crippen LogP contribution in [-0.2, 0) is 6.54 Å². The van der Waals surface area contributed by atoms with Crippen LogP contribution in [0.25, 0.3) is 0 Å². The van der Waals surface area contributed by atoms with Gasteiger partial charge in [0.05, 0.1) is 0 Å². The first-order chi connectivity index (χ1) is 8.75. The predicted octanol–water partition coefficient (Wildman–Crippen LogP) is 4.49. The summed E-state index contributed by atoms with van der Waals surface area (Å²) in [5.41, 5.74) is 4.33. The maximum Gasteiger partial charge on any atom is 0.0406 e. The summed E-state index contributed by atoms with van der Waals surface area (Å²) in [6.07, 6.45) is 8.11. The Bertz CT molecular complexity index is 443. The van der Waals surface area contributed by atoms with Crippen molar-refractivity contribution in [2.45, 2.75) is 32.7 Å². The van der Waals surface area contributed by atoms with Gasteiger partial charge >= 0.3 is 0 Å². The molecule has 1 aromatic rings. The molecule has 0 aromatic heterocycles. The van der Waals surface area contributed by atoms with Gasteiger partial charge in [0.25, 0.3) is 0 Å². The second-order valence-corrected chi connectivity index (χ2v) is 5.24. The van der Waals surface area contributed by atoms with Gasteiger partial charge in [-0.1, -0.05) is 41.5 Å². The number of allylic oxidation sites excluding steroid dienone is 3. The zero-order chi connectivity index (χ0) is 12.8. The van der Waals surface area contributed by atoms with E-state index in [1.165, 1.54) is 24.0 Å². The van der Waals surface area contributed by atoms with E-state index in [2.05, 4.69) is 36.5 Å². The van der Waals surface area contributed by atoms with Crippen LogP contribution in [0.5, 0.6) is 0 Å². The van der Waals surface area contributed by atoms with Crippen molar-refractivity contribution < 1.29 is 0 Å². The van der Waals surface area contributed by atoms with Gasteiger partial charge in [-0.15, -0.1) is 0 Å². The summed E-state index contributed by atoms with van der Waals surface area (Å²) >= 11 is 5.86. The summed E-state index contributed by atoms with van der Waals surface area (Å²) in [5.74, 6) is 0. The summed E-state index contributed by atoms with van der Waals surface area (Å²) < 4.78 is 0. The second kappa shape index (κ2) is 6.77. The monoisotopic (exact) mass is 261 g/mol. The molecule has 1 aliphatic rings. The zero-order valence-corrected chi connectivity index (χ0v) is 11.6. The van der Waals surface area contributed by atoms with Crippen molar-refractivity contribution in [3.8, 4) is 0 Å². The van der Waals surface area contributed by atoms with Crippen LogP contribution in [0.1, 0.15) is 31.7 Å². The Balaban J connectivity index is 1.73. The van der Waals surface area contributed by atoms with Gasteiger partial charge < -0.3 is 5.32 Å². The molecule has 0 amide bonds. The minimum atomic E-state index is 0.798. The Hall–Kier alpha value is -1.05. The topological polar surface area (TPSA) is 12.0 Å². The Morgan fingerprint density at radius 2 is 2.00 bits per heavy atom. The molecule has 0 saturated carbocycles. The average molecular weight is 262 g/mol. The number of benzene rings is 1.